The van der Waals surface area contributed by atoms with E-state index in [0.717, 1.165) is 24.8 Å². The van der Waals surface area contributed by atoms with Crippen molar-refractivity contribution in [3.63, 3.8) is 0 Å². The molecule has 3 rings (SSSR count). The van der Waals surface area contributed by atoms with Crippen LogP contribution >= 0.6 is 0 Å². The van der Waals surface area contributed by atoms with Crippen molar-refractivity contribution in [3.05, 3.63) is 36.0 Å². The molecule has 0 bridgehead atoms. The summed E-state index contributed by atoms with van der Waals surface area (Å²) in [5, 5.41) is 7.05. The average Bonchev–Trinajstić information content (AvgIpc) is 3.12. The van der Waals surface area contributed by atoms with Crippen LogP contribution in [0.25, 0.3) is 10.9 Å². The van der Waals surface area contributed by atoms with Crippen molar-refractivity contribution in [1.29, 1.82) is 0 Å². The molecule has 1 atom stereocenters. The summed E-state index contributed by atoms with van der Waals surface area (Å²) < 4.78 is 0. The Bertz CT molecular complexity index is 677. The van der Waals surface area contributed by atoms with Crippen molar-refractivity contribution in [3.8, 4) is 0 Å². The van der Waals surface area contributed by atoms with Crippen molar-refractivity contribution in [1.82, 2.24) is 15.6 Å². The van der Waals surface area contributed by atoms with Gasteiger partial charge in [0.05, 0.1) is 0 Å². The highest BCUT2D eigenvalue weighted by atomic mass is 16.2. The lowest BCUT2D eigenvalue weighted by atomic mass is 10.1. The van der Waals surface area contributed by atoms with Crippen molar-refractivity contribution >= 4 is 22.7 Å². The molecule has 5 heteroatoms. The van der Waals surface area contributed by atoms with E-state index in [4.69, 9.17) is 0 Å². The maximum Gasteiger partial charge on any atom is 0.220 e. The molecule has 0 spiro atoms. The van der Waals surface area contributed by atoms with Crippen LogP contribution in [0.1, 0.15) is 31.2 Å². The van der Waals surface area contributed by atoms with Gasteiger partial charge in [-0.1, -0.05) is 18.2 Å². The number of carbonyl (C=O) groups is 2. The van der Waals surface area contributed by atoms with E-state index in [2.05, 4.69) is 21.7 Å². The van der Waals surface area contributed by atoms with E-state index in [9.17, 15) is 9.59 Å². The van der Waals surface area contributed by atoms with E-state index >= 15 is 0 Å². The second kappa shape index (κ2) is 6.64. The minimum Gasteiger partial charge on any atom is -0.361 e. The molecule has 2 amide bonds. The topological polar surface area (TPSA) is 74.0 Å². The van der Waals surface area contributed by atoms with Crippen LogP contribution in [0.3, 0.4) is 0 Å². The number of fused-ring (bicyclic) bond motifs is 1. The van der Waals surface area contributed by atoms with Gasteiger partial charge in [-0.15, -0.1) is 0 Å². The number of H-pyrrole nitrogens is 1. The third kappa shape index (κ3) is 3.47. The summed E-state index contributed by atoms with van der Waals surface area (Å²) in [5.74, 6) is 0.158. The van der Waals surface area contributed by atoms with Gasteiger partial charge >= 0.3 is 0 Å². The predicted molar refractivity (Wildman–Crippen MR) is 85.4 cm³/mol. The van der Waals surface area contributed by atoms with Crippen molar-refractivity contribution in [2.45, 2.75) is 38.1 Å². The van der Waals surface area contributed by atoms with Crippen molar-refractivity contribution in [2.75, 3.05) is 6.54 Å². The summed E-state index contributed by atoms with van der Waals surface area (Å²) in [6.45, 7) is 0.637. The molecule has 22 heavy (non-hydrogen) atoms. The average molecular weight is 299 g/mol. The van der Waals surface area contributed by atoms with Gasteiger partial charge in [0.1, 0.15) is 0 Å². The molecule has 0 aliphatic carbocycles. The number of amides is 2. The monoisotopic (exact) mass is 299 g/mol. The molecule has 2 aromatic rings. The van der Waals surface area contributed by atoms with E-state index < -0.39 is 0 Å². The smallest absolute Gasteiger partial charge is 0.220 e. The lowest BCUT2D eigenvalue weighted by molar-refractivity contribution is -0.122. The van der Waals surface area contributed by atoms with Crippen LogP contribution in [-0.4, -0.2) is 29.4 Å². The largest absolute Gasteiger partial charge is 0.361 e. The van der Waals surface area contributed by atoms with Crippen LogP contribution in [0.4, 0.5) is 0 Å². The Balaban J connectivity index is 1.41. The van der Waals surface area contributed by atoms with E-state index in [0.29, 0.717) is 19.4 Å². The van der Waals surface area contributed by atoms with Gasteiger partial charge in [0.2, 0.25) is 11.8 Å². The fourth-order valence-corrected chi connectivity index (χ4v) is 2.96. The maximum absolute atomic E-state index is 11.8. The molecule has 2 heterocycles. The molecule has 1 unspecified atom stereocenters. The van der Waals surface area contributed by atoms with Crippen LogP contribution in [0.5, 0.6) is 0 Å². The minimum absolute atomic E-state index is 0.0565. The predicted octanol–water partition coefficient (Wildman–Crippen LogP) is 1.89. The summed E-state index contributed by atoms with van der Waals surface area (Å²) in [6.07, 6.45) is 5.46. The molecule has 1 aromatic heterocycles. The van der Waals surface area contributed by atoms with Crippen LogP contribution in [0.2, 0.25) is 0 Å². The SMILES string of the molecule is O=C(CCC1CCC(=O)N1)NCCc1c[nH]c2ccccc12. The van der Waals surface area contributed by atoms with Gasteiger partial charge in [-0.3, -0.25) is 9.59 Å². The number of aromatic nitrogens is 1. The minimum atomic E-state index is 0.0565. The Kier molecular flexibility index (Phi) is 4.42. The molecule has 1 saturated heterocycles. The first-order chi connectivity index (χ1) is 10.7. The van der Waals surface area contributed by atoms with Gasteiger partial charge in [-0.05, 0) is 30.9 Å². The van der Waals surface area contributed by atoms with Crippen molar-refractivity contribution < 1.29 is 9.59 Å². The van der Waals surface area contributed by atoms with E-state index in [1.807, 2.05) is 24.4 Å². The number of carbonyl (C=O) groups excluding carboxylic acids is 2. The summed E-state index contributed by atoms with van der Waals surface area (Å²) in [7, 11) is 0. The second-order valence-corrected chi connectivity index (χ2v) is 5.80. The van der Waals surface area contributed by atoms with Crippen molar-refractivity contribution in [2.24, 2.45) is 0 Å². The third-order valence-electron chi connectivity index (χ3n) is 4.20. The number of rotatable bonds is 6. The van der Waals surface area contributed by atoms with E-state index in [1.165, 1.54) is 10.9 Å². The van der Waals surface area contributed by atoms with Crippen LogP contribution in [0, 0.1) is 0 Å². The molecule has 5 nitrogen and oxygen atoms in total. The molecule has 0 saturated carbocycles. The van der Waals surface area contributed by atoms with E-state index in [-0.39, 0.29) is 17.9 Å². The summed E-state index contributed by atoms with van der Waals surface area (Å²) in [6, 6.07) is 8.34. The Hall–Kier alpha value is -2.30. The fraction of sp³-hybridized carbons (Fsp3) is 0.412. The molecule has 3 N–H and O–H groups in total. The summed E-state index contributed by atoms with van der Waals surface area (Å²) in [5.41, 5.74) is 2.35. The lowest BCUT2D eigenvalue weighted by Crippen LogP contribution is -2.30. The molecular formula is C17H21N3O2. The quantitative estimate of drug-likeness (QED) is 0.762. The van der Waals surface area contributed by atoms with Gasteiger partial charge < -0.3 is 15.6 Å². The second-order valence-electron chi connectivity index (χ2n) is 5.80. The number of nitrogens with one attached hydrogen (secondary N) is 3. The van der Waals surface area contributed by atoms with Gasteiger partial charge in [-0.25, -0.2) is 0 Å². The summed E-state index contributed by atoms with van der Waals surface area (Å²) in [4.78, 5) is 26.2. The normalized spacial score (nSPS) is 17.6. The standard InChI is InChI=1S/C17H21N3O2/c21-16(7-5-13-6-8-17(22)20-13)18-10-9-12-11-19-15-4-2-1-3-14(12)15/h1-4,11,13,19H,5-10H2,(H,18,21)(H,20,22). The molecule has 1 fully saturated rings. The van der Waals surface area contributed by atoms with Crippen LogP contribution in [-0.2, 0) is 16.0 Å². The number of benzene rings is 1. The molecule has 116 valence electrons. The van der Waals surface area contributed by atoms with Gasteiger partial charge in [-0.2, -0.15) is 0 Å². The zero-order valence-electron chi connectivity index (χ0n) is 12.5. The molecule has 1 aromatic carbocycles. The first-order valence-corrected chi connectivity index (χ1v) is 7.83. The van der Waals surface area contributed by atoms with Gasteiger partial charge in [0.25, 0.3) is 0 Å². The first kappa shape index (κ1) is 14.6. The fourth-order valence-electron chi connectivity index (χ4n) is 2.96. The Morgan fingerprint density at radius 2 is 2.18 bits per heavy atom. The summed E-state index contributed by atoms with van der Waals surface area (Å²) >= 11 is 0. The number of para-hydroxylation sites is 1. The molecule has 1 aliphatic rings. The highest BCUT2D eigenvalue weighted by Crippen LogP contribution is 2.17. The highest BCUT2D eigenvalue weighted by molar-refractivity contribution is 5.83. The molecule has 1 aliphatic heterocycles. The molecule has 0 radical (unpaired) electrons. The van der Waals surface area contributed by atoms with Gasteiger partial charge in [0.15, 0.2) is 0 Å². The van der Waals surface area contributed by atoms with Crippen LogP contribution < -0.4 is 10.6 Å². The van der Waals surface area contributed by atoms with Crippen LogP contribution in [0.15, 0.2) is 30.5 Å². The zero-order chi connectivity index (χ0) is 15.4. The maximum atomic E-state index is 11.8. The zero-order valence-corrected chi connectivity index (χ0v) is 12.5. The van der Waals surface area contributed by atoms with Gasteiger partial charge in [0, 0.05) is 42.5 Å². The molecular weight excluding hydrogens is 278 g/mol. The third-order valence-corrected chi connectivity index (χ3v) is 4.20. The Labute approximate surface area is 129 Å². The number of hydrogen-bond donors (Lipinski definition) is 3. The number of hydrogen-bond acceptors (Lipinski definition) is 2. The Morgan fingerprint density at radius 3 is 3.00 bits per heavy atom. The lowest BCUT2D eigenvalue weighted by Gasteiger charge is -2.09. The first-order valence-electron chi connectivity index (χ1n) is 7.83. The van der Waals surface area contributed by atoms with E-state index in [1.54, 1.807) is 0 Å². The highest BCUT2D eigenvalue weighted by Gasteiger charge is 2.20. The Morgan fingerprint density at radius 1 is 1.32 bits per heavy atom. The number of aromatic amines is 1.